The molecule has 0 saturated heterocycles. The van der Waals surface area contributed by atoms with E-state index in [0.717, 1.165) is 32.1 Å². The first-order chi connectivity index (χ1) is 13.3. The summed E-state index contributed by atoms with van der Waals surface area (Å²) in [6.07, 6.45) is 11.0. The Morgan fingerprint density at radius 3 is 2.50 bits per heavy atom. The highest BCUT2D eigenvalue weighted by molar-refractivity contribution is 6.04. The molecule has 0 bridgehead atoms. The highest BCUT2D eigenvalue weighted by Gasteiger charge is 2.33. The number of rotatable bonds is 11. The fourth-order valence-corrected chi connectivity index (χ4v) is 3.09. The number of aliphatic hydroxyl groups is 1. The van der Waals surface area contributed by atoms with Gasteiger partial charge in [0.05, 0.1) is 0 Å². The molecule has 0 amide bonds. The number of aliphatic hydroxyl groups excluding tert-OH is 1. The number of ether oxygens (including phenoxy) is 1. The van der Waals surface area contributed by atoms with Crippen molar-refractivity contribution in [1.29, 1.82) is 0 Å². The van der Waals surface area contributed by atoms with Gasteiger partial charge in [0.15, 0.2) is 6.10 Å². The molecule has 0 aromatic carbocycles. The van der Waals surface area contributed by atoms with E-state index in [4.69, 9.17) is 4.74 Å². The average Bonchev–Trinajstić information content (AvgIpc) is 2.64. The van der Waals surface area contributed by atoms with Crippen molar-refractivity contribution in [1.82, 2.24) is 0 Å². The molecule has 0 aromatic rings. The number of carbonyl (C=O) groups is 2. The van der Waals surface area contributed by atoms with E-state index in [1.807, 2.05) is 13.0 Å². The predicted octanol–water partition coefficient (Wildman–Crippen LogP) is 6.29. The number of Topliss-reactive ketones (excluding diaryl/α,β-unsaturated/α-hetero) is 1. The molecule has 1 aliphatic rings. The van der Waals surface area contributed by atoms with Gasteiger partial charge in [0.1, 0.15) is 5.76 Å². The van der Waals surface area contributed by atoms with Gasteiger partial charge in [-0.25, -0.2) is 0 Å². The van der Waals surface area contributed by atoms with Gasteiger partial charge in [-0.2, -0.15) is 0 Å². The van der Waals surface area contributed by atoms with E-state index in [2.05, 4.69) is 26.8 Å². The lowest BCUT2D eigenvalue weighted by atomic mass is 9.87. The minimum absolute atomic E-state index is 0.00800. The van der Waals surface area contributed by atoms with Gasteiger partial charge in [-0.15, -0.1) is 0 Å². The number of carbonyl (C=O) groups excluding carboxylic acids is 2. The van der Waals surface area contributed by atoms with Crippen molar-refractivity contribution in [2.24, 2.45) is 0 Å². The molecular weight excluding hydrogens is 352 g/mol. The van der Waals surface area contributed by atoms with Crippen molar-refractivity contribution in [2.45, 2.75) is 92.1 Å². The van der Waals surface area contributed by atoms with E-state index >= 15 is 0 Å². The third-order valence-electron chi connectivity index (χ3n) is 4.86. The molecule has 0 spiro atoms. The third-order valence-corrected chi connectivity index (χ3v) is 4.86. The standard InChI is InChI=1S/C24H36O4/c1-6-8-9-13-19-16-21(25)20(23(27)24(19)28-22(26)7-2)15-14-18(5)12-10-11-17(3)4/h11,14,16,24-25H,6-10,12-13,15H2,1-5H3/b18-14+. The molecule has 1 unspecified atom stereocenters. The summed E-state index contributed by atoms with van der Waals surface area (Å²) in [5.74, 6) is -0.677. The number of hydrogen-bond donors (Lipinski definition) is 1. The van der Waals surface area contributed by atoms with Crippen LogP contribution >= 0.6 is 0 Å². The van der Waals surface area contributed by atoms with Crippen molar-refractivity contribution in [3.63, 3.8) is 0 Å². The largest absolute Gasteiger partial charge is 0.508 e. The molecule has 0 aliphatic heterocycles. The average molecular weight is 389 g/mol. The first-order valence-corrected chi connectivity index (χ1v) is 10.4. The van der Waals surface area contributed by atoms with Crippen LogP contribution in [0.3, 0.4) is 0 Å². The minimum atomic E-state index is -0.894. The number of allylic oxidation sites excluding steroid dienone is 5. The van der Waals surface area contributed by atoms with Crippen LogP contribution in [-0.4, -0.2) is 23.0 Å². The van der Waals surface area contributed by atoms with Crippen LogP contribution in [0.5, 0.6) is 0 Å². The van der Waals surface area contributed by atoms with Crippen LogP contribution in [0.4, 0.5) is 0 Å². The molecule has 0 heterocycles. The van der Waals surface area contributed by atoms with E-state index in [1.165, 1.54) is 11.1 Å². The first-order valence-electron chi connectivity index (χ1n) is 10.4. The van der Waals surface area contributed by atoms with Gasteiger partial charge in [-0.05, 0) is 64.5 Å². The molecular formula is C24H36O4. The first kappa shape index (κ1) is 23.9. The van der Waals surface area contributed by atoms with E-state index in [-0.39, 0.29) is 18.0 Å². The van der Waals surface area contributed by atoms with Gasteiger partial charge in [-0.1, -0.05) is 50.0 Å². The minimum Gasteiger partial charge on any atom is -0.508 e. The van der Waals surface area contributed by atoms with Gasteiger partial charge in [0.25, 0.3) is 0 Å². The molecule has 28 heavy (non-hydrogen) atoms. The second-order valence-corrected chi connectivity index (χ2v) is 7.70. The lowest BCUT2D eigenvalue weighted by Gasteiger charge is -2.25. The molecule has 0 fully saturated rings. The Kier molecular flexibility index (Phi) is 10.6. The van der Waals surface area contributed by atoms with E-state index in [0.29, 0.717) is 24.0 Å². The van der Waals surface area contributed by atoms with Crippen LogP contribution in [0, 0.1) is 0 Å². The molecule has 1 aliphatic carbocycles. The highest BCUT2D eigenvalue weighted by atomic mass is 16.5. The summed E-state index contributed by atoms with van der Waals surface area (Å²) in [6, 6.07) is 0. The molecule has 1 N–H and O–H groups in total. The summed E-state index contributed by atoms with van der Waals surface area (Å²) in [4.78, 5) is 24.8. The third kappa shape index (κ3) is 7.87. The summed E-state index contributed by atoms with van der Waals surface area (Å²) >= 11 is 0. The van der Waals surface area contributed by atoms with Gasteiger partial charge < -0.3 is 9.84 Å². The Morgan fingerprint density at radius 1 is 1.18 bits per heavy atom. The maximum Gasteiger partial charge on any atom is 0.306 e. The number of unbranched alkanes of at least 4 members (excludes halogenated alkanes) is 2. The fraction of sp³-hybridized carbons (Fsp3) is 0.583. The van der Waals surface area contributed by atoms with Gasteiger partial charge in [-0.3, -0.25) is 9.59 Å². The molecule has 0 radical (unpaired) electrons. The summed E-state index contributed by atoms with van der Waals surface area (Å²) < 4.78 is 5.44. The van der Waals surface area contributed by atoms with Crippen LogP contribution in [0.15, 0.2) is 46.3 Å². The zero-order chi connectivity index (χ0) is 21.1. The summed E-state index contributed by atoms with van der Waals surface area (Å²) in [5, 5.41) is 10.4. The summed E-state index contributed by atoms with van der Waals surface area (Å²) in [6.45, 7) is 10.00. The predicted molar refractivity (Wildman–Crippen MR) is 114 cm³/mol. The zero-order valence-electron chi connectivity index (χ0n) is 18.1. The molecule has 1 atom stereocenters. The van der Waals surface area contributed by atoms with Crippen LogP contribution in [0.2, 0.25) is 0 Å². The lowest BCUT2D eigenvalue weighted by Crippen LogP contribution is -2.33. The van der Waals surface area contributed by atoms with E-state index in [9.17, 15) is 14.7 Å². The van der Waals surface area contributed by atoms with Crippen LogP contribution in [0.25, 0.3) is 0 Å². The van der Waals surface area contributed by atoms with Crippen molar-refractivity contribution in [2.75, 3.05) is 0 Å². The second kappa shape index (κ2) is 12.4. The quantitative estimate of drug-likeness (QED) is 0.256. The van der Waals surface area contributed by atoms with Crippen LogP contribution in [0.1, 0.15) is 86.0 Å². The van der Waals surface area contributed by atoms with Crippen molar-refractivity contribution in [3.8, 4) is 0 Å². The van der Waals surface area contributed by atoms with Gasteiger partial charge in [0, 0.05) is 12.0 Å². The maximum atomic E-state index is 13.0. The summed E-state index contributed by atoms with van der Waals surface area (Å²) in [7, 11) is 0. The Labute approximate surface area is 170 Å². The Hall–Kier alpha value is -2.10. The SMILES string of the molecule is CCCCCC1=CC(O)=C(C/C=C(\C)CCC=C(C)C)C(=O)C1OC(=O)CC. The monoisotopic (exact) mass is 388 g/mol. The van der Waals surface area contributed by atoms with Gasteiger partial charge in [0.2, 0.25) is 5.78 Å². The molecule has 4 heteroatoms. The van der Waals surface area contributed by atoms with Crippen molar-refractivity contribution < 1.29 is 19.4 Å². The number of ketones is 1. The zero-order valence-corrected chi connectivity index (χ0v) is 18.1. The Bertz CT molecular complexity index is 673. The molecule has 156 valence electrons. The van der Waals surface area contributed by atoms with Gasteiger partial charge >= 0.3 is 5.97 Å². The molecule has 4 nitrogen and oxygen atoms in total. The lowest BCUT2D eigenvalue weighted by molar-refractivity contribution is -0.151. The Balaban J connectivity index is 2.96. The van der Waals surface area contributed by atoms with Crippen molar-refractivity contribution in [3.05, 3.63) is 46.3 Å². The van der Waals surface area contributed by atoms with Crippen LogP contribution in [-0.2, 0) is 14.3 Å². The van der Waals surface area contributed by atoms with Crippen LogP contribution < -0.4 is 0 Å². The van der Waals surface area contributed by atoms with E-state index in [1.54, 1.807) is 13.0 Å². The summed E-state index contributed by atoms with van der Waals surface area (Å²) in [5.41, 5.74) is 3.49. The topological polar surface area (TPSA) is 63.6 Å². The normalized spacial score (nSPS) is 17.5. The number of esters is 1. The van der Waals surface area contributed by atoms with E-state index < -0.39 is 12.1 Å². The highest BCUT2D eigenvalue weighted by Crippen LogP contribution is 2.29. The molecule has 0 aromatic heterocycles. The smallest absolute Gasteiger partial charge is 0.306 e. The fourth-order valence-electron chi connectivity index (χ4n) is 3.09. The molecule has 0 saturated carbocycles. The molecule has 1 rings (SSSR count). The maximum absolute atomic E-state index is 13.0. The number of hydrogen-bond acceptors (Lipinski definition) is 4. The van der Waals surface area contributed by atoms with Crippen molar-refractivity contribution >= 4 is 11.8 Å². The Morgan fingerprint density at radius 2 is 1.89 bits per heavy atom. The second-order valence-electron chi connectivity index (χ2n) is 7.70.